The summed E-state index contributed by atoms with van der Waals surface area (Å²) >= 11 is 0. The van der Waals surface area contributed by atoms with Crippen LogP contribution in [-0.4, -0.2) is 59.6 Å². The lowest BCUT2D eigenvalue weighted by atomic mass is 10.1. The molecule has 1 amide bonds. The van der Waals surface area contributed by atoms with E-state index >= 15 is 0 Å². The zero-order valence-electron chi connectivity index (χ0n) is 21.3. The molecule has 4 rings (SSSR count). The van der Waals surface area contributed by atoms with Crippen molar-refractivity contribution in [2.24, 2.45) is 0 Å². The van der Waals surface area contributed by atoms with E-state index in [0.29, 0.717) is 47.8 Å². The summed E-state index contributed by atoms with van der Waals surface area (Å²) < 4.78 is 11.7. The number of aliphatic hydroxyl groups excluding tert-OH is 2. The second-order valence-electron chi connectivity index (χ2n) is 8.89. The highest BCUT2D eigenvalue weighted by Crippen LogP contribution is 2.30. The van der Waals surface area contributed by atoms with Crippen molar-refractivity contribution in [1.82, 2.24) is 15.6 Å². The van der Waals surface area contributed by atoms with Crippen molar-refractivity contribution in [3.63, 3.8) is 0 Å². The fraction of sp³-hybridized carbons (Fsp3) is 0.267. The minimum Gasteiger partial charge on any atom is -0.491 e. The third-order valence-corrected chi connectivity index (χ3v) is 5.99. The van der Waals surface area contributed by atoms with E-state index in [-0.39, 0.29) is 25.2 Å². The van der Waals surface area contributed by atoms with Gasteiger partial charge in [0.1, 0.15) is 30.0 Å². The maximum Gasteiger partial charge on any atom is 0.253 e. The Bertz CT molecular complexity index is 1310. The van der Waals surface area contributed by atoms with Gasteiger partial charge in [-0.25, -0.2) is 0 Å². The standard InChI is InChI=1S/C30H33N3O5/c1-2-31-30(36)27-10-6-9-26-28(15-16-32-29(26)27)38-25-13-11-21(12-14-25)17-22(19-34)33-18-23(35)20-37-24-7-4-3-5-8-24/h3-16,22-23,33-35H,2,17-20H2,1H3,(H,31,36)/t22-,23-/m0/s1. The van der Waals surface area contributed by atoms with Gasteiger partial charge >= 0.3 is 0 Å². The van der Waals surface area contributed by atoms with E-state index in [2.05, 4.69) is 15.6 Å². The third-order valence-electron chi connectivity index (χ3n) is 5.99. The number of hydrogen-bond acceptors (Lipinski definition) is 7. The first-order chi connectivity index (χ1) is 18.6. The number of nitrogens with one attached hydrogen (secondary N) is 2. The Balaban J connectivity index is 1.33. The first-order valence-corrected chi connectivity index (χ1v) is 12.7. The molecule has 1 heterocycles. The molecular formula is C30H33N3O5. The number of para-hydroxylation sites is 2. The van der Waals surface area contributed by atoms with Crippen LogP contribution in [0.4, 0.5) is 0 Å². The van der Waals surface area contributed by atoms with Crippen LogP contribution < -0.4 is 20.1 Å². The molecule has 0 bridgehead atoms. The number of carbonyl (C=O) groups excluding carboxylic acids is 1. The molecule has 38 heavy (non-hydrogen) atoms. The summed E-state index contributed by atoms with van der Waals surface area (Å²) in [6, 6.07) is 24.0. The van der Waals surface area contributed by atoms with Gasteiger partial charge in [-0.2, -0.15) is 0 Å². The SMILES string of the molecule is CCNC(=O)c1cccc2c(Oc3ccc(C[C@@H](CO)NC[C@H](O)COc4ccccc4)cc3)ccnc12. The fourth-order valence-corrected chi connectivity index (χ4v) is 4.06. The van der Waals surface area contributed by atoms with Gasteiger partial charge in [0.15, 0.2) is 0 Å². The van der Waals surface area contributed by atoms with Gasteiger partial charge in [0.25, 0.3) is 5.91 Å². The molecule has 0 aliphatic heterocycles. The van der Waals surface area contributed by atoms with Crippen LogP contribution in [0.5, 0.6) is 17.2 Å². The Morgan fingerprint density at radius 2 is 1.76 bits per heavy atom. The molecule has 0 radical (unpaired) electrons. The van der Waals surface area contributed by atoms with Crippen molar-refractivity contribution in [3.05, 3.63) is 96.2 Å². The smallest absolute Gasteiger partial charge is 0.253 e. The van der Waals surface area contributed by atoms with E-state index in [1.54, 1.807) is 18.3 Å². The first kappa shape index (κ1) is 27.1. The molecule has 2 atom stereocenters. The lowest BCUT2D eigenvalue weighted by Gasteiger charge is -2.19. The van der Waals surface area contributed by atoms with Crippen molar-refractivity contribution in [1.29, 1.82) is 0 Å². The molecule has 0 saturated heterocycles. The second kappa shape index (κ2) is 13.5. The van der Waals surface area contributed by atoms with Gasteiger partial charge in [0, 0.05) is 30.7 Å². The Kier molecular flexibility index (Phi) is 9.64. The Morgan fingerprint density at radius 3 is 2.50 bits per heavy atom. The lowest BCUT2D eigenvalue weighted by molar-refractivity contribution is 0.0957. The van der Waals surface area contributed by atoms with E-state index in [0.717, 1.165) is 10.9 Å². The number of benzene rings is 3. The van der Waals surface area contributed by atoms with E-state index in [1.165, 1.54) is 0 Å². The van der Waals surface area contributed by atoms with Crippen LogP contribution in [0.3, 0.4) is 0 Å². The van der Waals surface area contributed by atoms with Gasteiger partial charge in [-0.15, -0.1) is 0 Å². The van der Waals surface area contributed by atoms with Crippen molar-refractivity contribution in [3.8, 4) is 17.2 Å². The highest BCUT2D eigenvalue weighted by molar-refractivity contribution is 6.06. The number of nitrogens with zero attached hydrogens (tertiary/aromatic N) is 1. The number of carbonyl (C=O) groups is 1. The summed E-state index contributed by atoms with van der Waals surface area (Å²) in [5.41, 5.74) is 2.10. The number of pyridine rings is 1. The summed E-state index contributed by atoms with van der Waals surface area (Å²) in [5.74, 6) is 1.78. The maximum atomic E-state index is 12.4. The molecular weight excluding hydrogens is 482 g/mol. The molecule has 8 nitrogen and oxygen atoms in total. The van der Waals surface area contributed by atoms with Crippen molar-refractivity contribution in [2.75, 3.05) is 26.3 Å². The number of aliphatic hydroxyl groups is 2. The molecule has 4 N–H and O–H groups in total. The number of aromatic nitrogens is 1. The van der Waals surface area contributed by atoms with Gasteiger partial charge < -0.3 is 30.3 Å². The van der Waals surface area contributed by atoms with Crippen molar-refractivity contribution in [2.45, 2.75) is 25.5 Å². The van der Waals surface area contributed by atoms with Gasteiger partial charge in [-0.1, -0.05) is 36.4 Å². The number of fused-ring (bicyclic) bond motifs is 1. The topological polar surface area (TPSA) is 113 Å². The molecule has 4 aromatic rings. The molecule has 3 aromatic carbocycles. The largest absolute Gasteiger partial charge is 0.491 e. The van der Waals surface area contributed by atoms with Gasteiger partial charge in [0.2, 0.25) is 0 Å². The highest BCUT2D eigenvalue weighted by atomic mass is 16.5. The average Bonchev–Trinajstić information content (AvgIpc) is 2.95. The van der Waals surface area contributed by atoms with Crippen molar-refractivity contribution < 1.29 is 24.5 Å². The molecule has 1 aromatic heterocycles. The Morgan fingerprint density at radius 1 is 0.974 bits per heavy atom. The summed E-state index contributed by atoms with van der Waals surface area (Å²) in [7, 11) is 0. The van der Waals surface area contributed by atoms with Crippen LogP contribution in [0.1, 0.15) is 22.8 Å². The van der Waals surface area contributed by atoms with Crippen LogP contribution >= 0.6 is 0 Å². The van der Waals surface area contributed by atoms with E-state index < -0.39 is 6.10 Å². The first-order valence-electron chi connectivity index (χ1n) is 12.7. The highest BCUT2D eigenvalue weighted by Gasteiger charge is 2.14. The van der Waals surface area contributed by atoms with Crippen molar-refractivity contribution >= 4 is 16.8 Å². The molecule has 0 fully saturated rings. The number of hydrogen-bond donors (Lipinski definition) is 4. The number of ether oxygens (including phenoxy) is 2. The minimum absolute atomic E-state index is 0.0680. The van der Waals surface area contributed by atoms with E-state index in [1.807, 2.05) is 73.7 Å². The van der Waals surface area contributed by atoms with Gasteiger partial charge in [0.05, 0.1) is 17.7 Å². The lowest BCUT2D eigenvalue weighted by Crippen LogP contribution is -2.41. The molecule has 0 saturated carbocycles. The molecule has 0 spiro atoms. The van der Waals surface area contributed by atoms with Gasteiger partial charge in [-0.05, 0) is 61.4 Å². The zero-order valence-corrected chi connectivity index (χ0v) is 21.3. The molecule has 0 unspecified atom stereocenters. The quantitative estimate of drug-likeness (QED) is 0.215. The normalized spacial score (nSPS) is 12.6. The van der Waals surface area contributed by atoms with Crippen LogP contribution in [0.2, 0.25) is 0 Å². The summed E-state index contributed by atoms with van der Waals surface area (Å²) in [5, 5.41) is 26.8. The molecule has 0 aliphatic rings. The second-order valence-corrected chi connectivity index (χ2v) is 8.89. The predicted octanol–water partition coefficient (Wildman–Crippen LogP) is 3.71. The Hall–Kier alpha value is -3.98. The fourth-order valence-electron chi connectivity index (χ4n) is 4.06. The number of amides is 1. The average molecular weight is 516 g/mol. The van der Waals surface area contributed by atoms with Crippen LogP contribution in [0.15, 0.2) is 85.1 Å². The summed E-state index contributed by atoms with van der Waals surface area (Å²) in [4.78, 5) is 16.8. The van der Waals surface area contributed by atoms with Crippen LogP contribution in [0.25, 0.3) is 10.9 Å². The molecule has 8 heteroatoms. The summed E-state index contributed by atoms with van der Waals surface area (Å²) in [6.45, 7) is 2.80. The van der Waals surface area contributed by atoms with Crippen LogP contribution in [0, 0.1) is 0 Å². The van der Waals surface area contributed by atoms with Gasteiger partial charge in [-0.3, -0.25) is 9.78 Å². The predicted molar refractivity (Wildman–Crippen MR) is 147 cm³/mol. The van der Waals surface area contributed by atoms with E-state index in [4.69, 9.17) is 9.47 Å². The minimum atomic E-state index is -0.705. The van der Waals surface area contributed by atoms with E-state index in [9.17, 15) is 15.0 Å². The number of rotatable bonds is 13. The monoisotopic (exact) mass is 515 g/mol. The third kappa shape index (κ3) is 7.29. The molecule has 0 aliphatic carbocycles. The molecule has 198 valence electrons. The van der Waals surface area contributed by atoms with Crippen LogP contribution in [-0.2, 0) is 6.42 Å². The maximum absolute atomic E-state index is 12.4. The Labute approximate surface area is 222 Å². The zero-order chi connectivity index (χ0) is 26.7. The summed E-state index contributed by atoms with van der Waals surface area (Å²) in [6.07, 6.45) is 1.51.